The van der Waals surface area contributed by atoms with Crippen LogP contribution >= 0.6 is 0 Å². The average Bonchev–Trinajstić information content (AvgIpc) is 3.97. The molecule has 6 aromatic rings. The van der Waals surface area contributed by atoms with Gasteiger partial charge in [0.25, 0.3) is 5.91 Å². The molecule has 2 aliphatic heterocycles. The predicted octanol–water partition coefficient (Wildman–Crippen LogP) is 8.87. The van der Waals surface area contributed by atoms with Gasteiger partial charge in [-0.2, -0.15) is 0 Å². The SMILES string of the molecule is COC(=O)N[C@H](C(=O)N1[C@@H]2CC[C@H](C2)[C@H]1c1ncc(-c2ccc(-c3ccc4cc(-c5cnc([C@@H]6CC7(CC7)CN6C(=O)[C@H](NC(=O)OC)c6ccccc6)[nH]5)ccc4c3)cc2)[nH]1)C(C)C. The lowest BCUT2D eigenvalue weighted by atomic mass is 9.95. The van der Waals surface area contributed by atoms with E-state index in [1.807, 2.05) is 66.4 Å². The molecule has 2 aromatic heterocycles. The van der Waals surface area contributed by atoms with E-state index < -0.39 is 24.3 Å². The molecule has 65 heavy (non-hydrogen) atoms. The van der Waals surface area contributed by atoms with Gasteiger partial charge in [-0.15, -0.1) is 0 Å². The number of nitrogens with one attached hydrogen (secondary N) is 4. The number of aromatic amines is 2. The number of benzene rings is 4. The van der Waals surface area contributed by atoms with Crippen molar-refractivity contribution in [1.29, 1.82) is 0 Å². The first-order valence-electron chi connectivity index (χ1n) is 22.6. The van der Waals surface area contributed by atoms with Crippen LogP contribution in [0.15, 0.2) is 103 Å². The van der Waals surface area contributed by atoms with Gasteiger partial charge in [-0.3, -0.25) is 9.59 Å². The van der Waals surface area contributed by atoms with Crippen LogP contribution in [-0.2, 0) is 19.1 Å². The number of piperidine rings is 1. The first-order chi connectivity index (χ1) is 31.5. The van der Waals surface area contributed by atoms with Crippen LogP contribution in [0.2, 0.25) is 0 Å². The molecule has 2 saturated carbocycles. The van der Waals surface area contributed by atoms with E-state index in [9.17, 15) is 19.2 Å². The molecule has 4 aliphatic rings. The normalized spacial score (nSPS) is 21.4. The molecule has 0 radical (unpaired) electrons. The van der Waals surface area contributed by atoms with Crippen molar-refractivity contribution in [1.82, 2.24) is 40.4 Å². The summed E-state index contributed by atoms with van der Waals surface area (Å²) in [6.07, 6.45) is 8.29. The first-order valence-corrected chi connectivity index (χ1v) is 22.6. The fourth-order valence-corrected chi connectivity index (χ4v) is 10.6. The zero-order valence-corrected chi connectivity index (χ0v) is 37.0. The van der Waals surface area contributed by atoms with E-state index in [4.69, 9.17) is 19.4 Å². The van der Waals surface area contributed by atoms with E-state index in [2.05, 4.69) is 81.3 Å². The third kappa shape index (κ3) is 7.99. The monoisotopic (exact) mass is 874 g/mol. The van der Waals surface area contributed by atoms with Gasteiger partial charge in [0.2, 0.25) is 5.91 Å². The van der Waals surface area contributed by atoms with Gasteiger partial charge in [-0.1, -0.05) is 92.7 Å². The number of carbonyl (C=O) groups excluding carboxylic acids is 4. The van der Waals surface area contributed by atoms with Crippen molar-refractivity contribution in [3.8, 4) is 33.6 Å². The molecular formula is C51H54N8O6. The number of H-pyrrole nitrogens is 2. The van der Waals surface area contributed by atoms with E-state index in [-0.39, 0.29) is 41.3 Å². The van der Waals surface area contributed by atoms with Crippen molar-refractivity contribution in [2.75, 3.05) is 20.8 Å². The van der Waals surface area contributed by atoms with Crippen molar-refractivity contribution >= 4 is 34.8 Å². The maximum absolute atomic E-state index is 14.3. The number of nitrogens with zero attached hydrogens (tertiary/aromatic N) is 4. The largest absolute Gasteiger partial charge is 0.453 e. The fourth-order valence-electron chi connectivity index (χ4n) is 10.6. The Kier molecular flexibility index (Phi) is 10.9. The lowest BCUT2D eigenvalue weighted by molar-refractivity contribution is -0.139. The second-order valence-electron chi connectivity index (χ2n) is 18.7. The Balaban J connectivity index is 0.839. The Morgan fingerprint density at radius 2 is 1.34 bits per heavy atom. The third-order valence-corrected chi connectivity index (χ3v) is 14.3. The number of hydrogen-bond acceptors (Lipinski definition) is 8. The number of hydrogen-bond donors (Lipinski definition) is 4. The predicted molar refractivity (Wildman–Crippen MR) is 245 cm³/mol. The number of imidazole rings is 2. The Hall–Kier alpha value is -6.96. The molecule has 4 amide bonds. The van der Waals surface area contributed by atoms with Crippen LogP contribution < -0.4 is 10.6 Å². The summed E-state index contributed by atoms with van der Waals surface area (Å²) in [5, 5.41) is 7.73. The number of aromatic nitrogens is 4. The van der Waals surface area contributed by atoms with Crippen LogP contribution in [0.4, 0.5) is 9.59 Å². The minimum absolute atomic E-state index is 0.0780. The highest BCUT2D eigenvalue weighted by Crippen LogP contribution is 2.58. The highest BCUT2D eigenvalue weighted by molar-refractivity contribution is 5.91. The number of carbonyl (C=O) groups is 4. The summed E-state index contributed by atoms with van der Waals surface area (Å²) < 4.78 is 9.73. The number of rotatable bonds is 11. The van der Waals surface area contributed by atoms with Gasteiger partial charge >= 0.3 is 12.2 Å². The topological polar surface area (TPSA) is 175 Å². The van der Waals surface area contributed by atoms with E-state index >= 15 is 0 Å². The minimum Gasteiger partial charge on any atom is -0.453 e. The molecule has 2 bridgehead atoms. The third-order valence-electron chi connectivity index (χ3n) is 14.3. The second kappa shape index (κ2) is 16.9. The summed E-state index contributed by atoms with van der Waals surface area (Å²) in [5.74, 6) is 1.44. The van der Waals surface area contributed by atoms with Crippen LogP contribution in [0.25, 0.3) is 44.4 Å². The zero-order chi connectivity index (χ0) is 45.0. The molecule has 14 nitrogen and oxygen atoms in total. The standard InChI is InChI=1S/C51H54N8O6/c1-29(2)42(56-49(62)64-3)48(61)59-38-19-18-37(24-38)44(59)46-53-26-39(55-46)31-12-10-30(11-13-31)33-14-15-35-23-36(17-16-34(35)22-33)40-27-52-45(54-40)41-25-51(20-21-51)28-58(41)47(60)43(57-50(63)65-4)32-8-6-5-7-9-32/h5-17,22-23,26-27,29,37-38,41-44H,18-21,24-25,28H2,1-4H3,(H,52,54)(H,53,55)(H,56,62)(H,57,63)/t37-,38-,41+,42+,43-,44+/m1/s1. The molecule has 0 unspecified atom stereocenters. The lowest BCUT2D eigenvalue weighted by Gasteiger charge is -2.37. The molecule has 2 aliphatic carbocycles. The first kappa shape index (κ1) is 42.0. The second-order valence-corrected chi connectivity index (χ2v) is 18.7. The summed E-state index contributed by atoms with van der Waals surface area (Å²) >= 11 is 0. The van der Waals surface area contributed by atoms with Gasteiger partial charge in [0.15, 0.2) is 0 Å². The fraction of sp³-hybridized carbons (Fsp3) is 0.373. The molecule has 4 fully saturated rings. The van der Waals surface area contributed by atoms with Crippen molar-refractivity contribution < 1.29 is 28.7 Å². The van der Waals surface area contributed by atoms with Gasteiger partial charge < -0.3 is 39.9 Å². The highest BCUT2D eigenvalue weighted by atomic mass is 16.5. The number of fused-ring (bicyclic) bond motifs is 3. The Morgan fingerprint density at radius 1 is 0.723 bits per heavy atom. The van der Waals surface area contributed by atoms with Crippen LogP contribution in [0.3, 0.4) is 0 Å². The van der Waals surface area contributed by atoms with Gasteiger partial charge in [0.1, 0.15) is 23.7 Å². The summed E-state index contributed by atoms with van der Waals surface area (Å²) in [7, 11) is 2.61. The molecule has 1 spiro atoms. The van der Waals surface area contributed by atoms with Crippen molar-refractivity contribution in [3.63, 3.8) is 0 Å². The summed E-state index contributed by atoms with van der Waals surface area (Å²) in [4.78, 5) is 73.4. The lowest BCUT2D eigenvalue weighted by Crippen LogP contribution is -2.54. The van der Waals surface area contributed by atoms with Crippen LogP contribution in [0.1, 0.15) is 87.7 Å². The molecule has 2 saturated heterocycles. The molecule has 6 atom stereocenters. The zero-order valence-electron chi connectivity index (χ0n) is 37.0. The van der Waals surface area contributed by atoms with Crippen LogP contribution in [-0.4, -0.2) is 86.6 Å². The molecule has 4 aromatic carbocycles. The quantitative estimate of drug-likeness (QED) is 0.0999. The highest BCUT2D eigenvalue weighted by Gasteiger charge is 2.55. The van der Waals surface area contributed by atoms with Crippen molar-refractivity contribution in [2.45, 2.75) is 82.6 Å². The Bertz CT molecular complexity index is 2760. The molecule has 334 valence electrons. The molecule has 4 N–H and O–H groups in total. The van der Waals surface area contributed by atoms with Crippen LogP contribution in [0, 0.1) is 17.3 Å². The van der Waals surface area contributed by atoms with Gasteiger partial charge in [0.05, 0.1) is 50.1 Å². The number of likely N-dealkylation sites (tertiary alicyclic amines) is 2. The molecule has 10 rings (SSSR count). The maximum Gasteiger partial charge on any atom is 0.407 e. The van der Waals surface area contributed by atoms with E-state index in [1.165, 1.54) is 14.2 Å². The summed E-state index contributed by atoms with van der Waals surface area (Å²) in [5.41, 5.74) is 6.70. The van der Waals surface area contributed by atoms with Crippen molar-refractivity contribution in [2.24, 2.45) is 17.3 Å². The number of amides is 4. The number of alkyl carbamates (subject to hydrolysis) is 2. The van der Waals surface area contributed by atoms with E-state index in [0.29, 0.717) is 18.0 Å². The van der Waals surface area contributed by atoms with Gasteiger partial charge in [-0.05, 0) is 101 Å². The summed E-state index contributed by atoms with van der Waals surface area (Å²) in [6, 6.07) is 28.7. The number of ether oxygens (including phenoxy) is 2. The average molecular weight is 875 g/mol. The van der Waals surface area contributed by atoms with Crippen LogP contribution in [0.5, 0.6) is 0 Å². The molecule has 4 heterocycles. The van der Waals surface area contributed by atoms with Gasteiger partial charge in [-0.25, -0.2) is 19.6 Å². The molecular weight excluding hydrogens is 821 g/mol. The maximum atomic E-state index is 14.3. The minimum atomic E-state index is -0.881. The summed E-state index contributed by atoms with van der Waals surface area (Å²) in [6.45, 7) is 4.48. The molecule has 14 heteroatoms. The Labute approximate surface area is 377 Å². The Morgan fingerprint density at radius 3 is 2.03 bits per heavy atom. The van der Waals surface area contributed by atoms with Gasteiger partial charge in [0, 0.05) is 18.2 Å². The van der Waals surface area contributed by atoms with Crippen molar-refractivity contribution in [3.05, 3.63) is 121 Å². The number of methoxy groups -OCH3 is 2. The smallest absolute Gasteiger partial charge is 0.407 e. The van der Waals surface area contributed by atoms with E-state index in [0.717, 1.165) is 94.6 Å². The van der Waals surface area contributed by atoms with E-state index in [1.54, 1.807) is 0 Å².